The monoisotopic (exact) mass is 803 g/mol. The van der Waals surface area contributed by atoms with E-state index in [1.54, 1.807) is 14.2 Å². The molecule has 17 atom stereocenters. The molecule has 0 radical (unpaired) electrons. The summed E-state index contributed by atoms with van der Waals surface area (Å²) >= 11 is 0. The number of cyclic esters (lactones) is 1. The van der Waals surface area contributed by atoms with E-state index >= 15 is 0 Å². The lowest BCUT2D eigenvalue weighted by atomic mass is 9.70. The van der Waals surface area contributed by atoms with Crippen molar-refractivity contribution < 1.29 is 57.4 Å². The van der Waals surface area contributed by atoms with Crippen LogP contribution in [0.25, 0.3) is 0 Å². The highest BCUT2D eigenvalue weighted by Crippen LogP contribution is 2.54. The number of methoxy groups -OCH3 is 2. The summed E-state index contributed by atoms with van der Waals surface area (Å²) in [6, 6.07) is 0.154. The fourth-order valence-corrected chi connectivity index (χ4v) is 10.9. The highest BCUT2D eigenvalue weighted by atomic mass is 16.7. The second-order valence-electron chi connectivity index (χ2n) is 17.5. The van der Waals surface area contributed by atoms with Gasteiger partial charge in [0.25, 0.3) is 0 Å². The lowest BCUT2D eigenvalue weighted by Crippen LogP contribution is -2.57. The smallest absolute Gasteiger partial charge is 0.306 e. The van der Waals surface area contributed by atoms with E-state index in [-0.39, 0.29) is 109 Å². The number of nitrogens with zero attached hydrogens (tertiary/aromatic N) is 1. The molecule has 9 unspecified atom stereocenters. The minimum Gasteiger partial charge on any atom is -0.465 e. The minimum absolute atomic E-state index is 0.000131. The van der Waals surface area contributed by atoms with Crippen molar-refractivity contribution in [3.05, 3.63) is 23.8 Å². The van der Waals surface area contributed by atoms with Gasteiger partial charge in [-0.05, 0) is 102 Å². The number of ether oxygens (including phenoxy) is 8. The predicted molar refractivity (Wildman–Crippen MR) is 210 cm³/mol. The van der Waals surface area contributed by atoms with Crippen LogP contribution in [0.1, 0.15) is 92.4 Å². The lowest BCUT2D eigenvalue weighted by molar-refractivity contribution is -0.299. The molecule has 3 saturated heterocycles. The SMILES string of the molecule is CC[C@H]1CCC[C@H](OC2CCC(N(C)CCOC(C)=O)C(C)O2)[C@@H](C)C(=O)C2=C[C@H]3[C@@H]4C[C@H](OC5OC(C)C(OC)C(OC)C5CO)C[C@H]4C=C[C@H]3C2CC(=O)O1. The van der Waals surface area contributed by atoms with E-state index in [0.717, 1.165) is 37.7 Å². The maximum absolute atomic E-state index is 14.8. The van der Waals surface area contributed by atoms with Gasteiger partial charge in [-0.3, -0.25) is 19.3 Å². The van der Waals surface area contributed by atoms with Gasteiger partial charge in [0.05, 0.1) is 49.5 Å². The molecular weight excluding hydrogens is 734 g/mol. The number of aliphatic hydroxyl groups excluding tert-OH is 1. The summed E-state index contributed by atoms with van der Waals surface area (Å²) in [5, 5.41) is 10.4. The largest absolute Gasteiger partial charge is 0.465 e. The van der Waals surface area contributed by atoms with E-state index in [1.165, 1.54) is 6.92 Å². The molecule has 13 nitrogen and oxygen atoms in total. The fraction of sp³-hybridized carbons (Fsp3) is 0.841. The van der Waals surface area contributed by atoms with Crippen molar-refractivity contribution in [3.8, 4) is 0 Å². The van der Waals surface area contributed by atoms with Gasteiger partial charge in [-0.25, -0.2) is 0 Å². The van der Waals surface area contributed by atoms with E-state index in [0.29, 0.717) is 32.4 Å². The predicted octanol–water partition coefficient (Wildman–Crippen LogP) is 5.01. The van der Waals surface area contributed by atoms with Crippen molar-refractivity contribution in [2.24, 2.45) is 41.4 Å². The highest BCUT2D eigenvalue weighted by molar-refractivity contribution is 5.99. The van der Waals surface area contributed by atoms with Crippen LogP contribution >= 0.6 is 0 Å². The third kappa shape index (κ3) is 10.0. The summed E-state index contributed by atoms with van der Waals surface area (Å²) < 4.78 is 48.9. The molecule has 3 aliphatic heterocycles. The first-order valence-electron chi connectivity index (χ1n) is 21.6. The van der Waals surface area contributed by atoms with Crippen LogP contribution in [0.3, 0.4) is 0 Å². The number of hydrogen-bond donors (Lipinski definition) is 1. The number of carbonyl (C=O) groups excluding carboxylic acids is 3. The zero-order valence-electron chi connectivity index (χ0n) is 35.4. The Morgan fingerprint density at radius 1 is 0.947 bits per heavy atom. The van der Waals surface area contributed by atoms with E-state index < -0.39 is 24.4 Å². The van der Waals surface area contributed by atoms with E-state index in [1.807, 2.05) is 34.7 Å². The molecule has 13 heteroatoms. The molecule has 0 spiro atoms. The van der Waals surface area contributed by atoms with Crippen molar-refractivity contribution in [2.75, 3.05) is 41.0 Å². The van der Waals surface area contributed by atoms with Crippen LogP contribution in [-0.4, -0.2) is 130 Å². The zero-order valence-corrected chi connectivity index (χ0v) is 35.4. The number of rotatable bonds is 12. The second kappa shape index (κ2) is 19.9. The number of hydrogen-bond acceptors (Lipinski definition) is 13. The van der Waals surface area contributed by atoms with Gasteiger partial charge in [0, 0.05) is 45.6 Å². The number of fused-ring (bicyclic) bond motifs is 5. The summed E-state index contributed by atoms with van der Waals surface area (Å²) in [7, 11) is 5.27. The summed E-state index contributed by atoms with van der Waals surface area (Å²) in [4.78, 5) is 41.7. The molecule has 57 heavy (non-hydrogen) atoms. The number of likely N-dealkylation sites (N-methyl/N-ethyl adjacent to an activating group) is 1. The van der Waals surface area contributed by atoms with Gasteiger partial charge in [0.15, 0.2) is 18.4 Å². The van der Waals surface area contributed by atoms with Crippen molar-refractivity contribution in [3.63, 3.8) is 0 Å². The van der Waals surface area contributed by atoms with Gasteiger partial charge in [0.2, 0.25) is 0 Å². The summed E-state index contributed by atoms with van der Waals surface area (Å²) in [6.07, 6.45) is 10.0. The van der Waals surface area contributed by atoms with E-state index in [4.69, 9.17) is 37.9 Å². The van der Waals surface area contributed by atoms with Crippen LogP contribution in [-0.2, 0) is 52.3 Å². The molecule has 322 valence electrons. The average Bonchev–Trinajstić information content (AvgIpc) is 3.76. The Morgan fingerprint density at radius 2 is 1.72 bits per heavy atom. The van der Waals surface area contributed by atoms with Crippen molar-refractivity contribution in [1.29, 1.82) is 0 Å². The number of esters is 2. The van der Waals surface area contributed by atoms with Gasteiger partial charge >= 0.3 is 11.9 Å². The van der Waals surface area contributed by atoms with Gasteiger partial charge < -0.3 is 43.0 Å². The Bertz CT molecular complexity index is 1440. The standard InChI is InChI=1S/C44H69NO12/c1-9-29-11-10-12-38(57-40-16-15-37(25(3)53-40)45(6)17-18-52-27(5)47)24(2)41(49)35-21-33-31(34(35)22-39(48)55-29)14-13-28-19-30(20-32(28)33)56-44-36(23-46)43(51-8)42(50-7)26(4)54-44/h13-14,21,24-26,28-34,36-38,40,42-44,46H,9-12,15-20,22-23H2,1-8H3/t24-,25?,26?,28-,29+,30-,31-,32-,33-,34?,36?,37?,38+,40?,42?,43?,44?/m1/s1. The first kappa shape index (κ1) is 44.3. The highest BCUT2D eigenvalue weighted by Gasteiger charge is 2.52. The number of Topliss-reactive ketones (excluding diaryl/α,β-unsaturated/α-hetero) is 1. The molecule has 6 rings (SSSR count). The average molecular weight is 804 g/mol. The van der Waals surface area contributed by atoms with E-state index in [2.05, 4.69) is 23.1 Å². The molecule has 1 N–H and O–H groups in total. The van der Waals surface area contributed by atoms with Crippen LogP contribution in [0.15, 0.2) is 23.8 Å². The van der Waals surface area contributed by atoms with Gasteiger partial charge in [-0.15, -0.1) is 0 Å². The second-order valence-corrected chi connectivity index (χ2v) is 17.5. The first-order valence-corrected chi connectivity index (χ1v) is 21.6. The normalized spacial score (nSPS) is 42.6. The van der Waals surface area contributed by atoms with Crippen LogP contribution in [0.4, 0.5) is 0 Å². The maximum atomic E-state index is 14.8. The summed E-state index contributed by atoms with van der Waals surface area (Å²) in [5.74, 6) is -1.05. The van der Waals surface area contributed by atoms with Crippen molar-refractivity contribution in [2.45, 2.75) is 154 Å². The molecule has 3 aliphatic carbocycles. The van der Waals surface area contributed by atoms with Crippen LogP contribution in [0, 0.1) is 41.4 Å². The Balaban J connectivity index is 1.17. The van der Waals surface area contributed by atoms with E-state index in [9.17, 15) is 19.5 Å². The van der Waals surface area contributed by atoms with Crippen molar-refractivity contribution >= 4 is 17.7 Å². The number of ketones is 1. The number of carbonyl (C=O) groups is 3. The molecule has 0 aromatic rings. The molecule has 3 heterocycles. The van der Waals surface area contributed by atoms with Crippen molar-refractivity contribution in [1.82, 2.24) is 4.90 Å². The zero-order chi connectivity index (χ0) is 41.0. The van der Waals surface area contributed by atoms with Crippen LogP contribution < -0.4 is 0 Å². The maximum Gasteiger partial charge on any atom is 0.306 e. The summed E-state index contributed by atoms with van der Waals surface area (Å²) in [6.45, 7) is 10.2. The van der Waals surface area contributed by atoms with Gasteiger partial charge in [-0.1, -0.05) is 32.1 Å². The lowest BCUT2D eigenvalue weighted by Gasteiger charge is -2.44. The Labute approximate surface area is 339 Å². The third-order valence-electron chi connectivity index (χ3n) is 14.0. The molecule has 4 fully saturated rings. The van der Waals surface area contributed by atoms with Crippen LogP contribution in [0.2, 0.25) is 0 Å². The summed E-state index contributed by atoms with van der Waals surface area (Å²) in [5.41, 5.74) is 0.720. The third-order valence-corrected chi connectivity index (χ3v) is 14.0. The molecule has 0 amide bonds. The Morgan fingerprint density at radius 3 is 2.40 bits per heavy atom. The fourth-order valence-electron chi connectivity index (χ4n) is 10.9. The molecule has 0 aromatic carbocycles. The van der Waals surface area contributed by atoms with Gasteiger partial charge in [0.1, 0.15) is 18.8 Å². The molecule has 0 aromatic heterocycles. The topological polar surface area (TPSA) is 149 Å². The molecule has 0 bridgehead atoms. The van der Waals surface area contributed by atoms with Gasteiger partial charge in [-0.2, -0.15) is 0 Å². The minimum atomic E-state index is -0.640. The Hall–Kier alpha value is -2.23. The quantitative estimate of drug-likeness (QED) is 0.208. The van der Waals surface area contributed by atoms with Crippen LogP contribution in [0.5, 0.6) is 0 Å². The Kier molecular flexibility index (Phi) is 15.5. The first-order chi connectivity index (χ1) is 27.4. The molecule has 1 saturated carbocycles. The number of aliphatic hydroxyl groups is 1. The molecule has 6 aliphatic rings. The molecular formula is C44H69NO12. The number of allylic oxidation sites excluding steroid dienone is 4.